The summed E-state index contributed by atoms with van der Waals surface area (Å²) in [6, 6.07) is 4.91. The summed E-state index contributed by atoms with van der Waals surface area (Å²) in [4.78, 5) is 14.1. The van der Waals surface area contributed by atoms with E-state index in [-0.39, 0.29) is 23.8 Å². The second-order valence-electron chi connectivity index (χ2n) is 5.51. The zero-order valence-corrected chi connectivity index (χ0v) is 12.8. The molecule has 1 aliphatic rings. The van der Waals surface area contributed by atoms with E-state index in [2.05, 4.69) is 0 Å². The van der Waals surface area contributed by atoms with Gasteiger partial charge in [-0.25, -0.2) is 4.39 Å². The van der Waals surface area contributed by atoms with Gasteiger partial charge in [-0.05, 0) is 38.0 Å². The minimum absolute atomic E-state index is 0.0728. The summed E-state index contributed by atoms with van der Waals surface area (Å²) >= 11 is 0. The quantitative estimate of drug-likeness (QED) is 0.856. The minimum atomic E-state index is -0.393. The van der Waals surface area contributed by atoms with Gasteiger partial charge in [-0.1, -0.05) is 6.07 Å². The van der Waals surface area contributed by atoms with E-state index in [0.717, 1.165) is 5.56 Å². The first-order chi connectivity index (χ1) is 10.0. The molecule has 0 aromatic heterocycles. The van der Waals surface area contributed by atoms with Crippen molar-refractivity contribution in [2.24, 2.45) is 0 Å². The van der Waals surface area contributed by atoms with Crippen LogP contribution in [0.15, 0.2) is 18.2 Å². The molecule has 0 spiro atoms. The molecule has 1 heterocycles. The Kier molecular flexibility index (Phi) is 5.17. The van der Waals surface area contributed by atoms with Crippen LogP contribution in [0.2, 0.25) is 0 Å². The van der Waals surface area contributed by atoms with E-state index >= 15 is 0 Å². The van der Waals surface area contributed by atoms with Crippen LogP contribution in [0.1, 0.15) is 25.8 Å². The van der Waals surface area contributed by atoms with Gasteiger partial charge >= 0.3 is 0 Å². The average molecular weight is 295 g/mol. The van der Waals surface area contributed by atoms with Crippen LogP contribution in [0, 0.1) is 5.82 Å². The molecule has 5 heteroatoms. The van der Waals surface area contributed by atoms with Crippen LogP contribution in [0.25, 0.3) is 0 Å². The number of benzene rings is 1. The van der Waals surface area contributed by atoms with Gasteiger partial charge in [-0.15, -0.1) is 0 Å². The van der Waals surface area contributed by atoms with Crippen molar-refractivity contribution in [2.45, 2.75) is 38.8 Å². The van der Waals surface area contributed by atoms with Crippen LogP contribution in [-0.4, -0.2) is 43.2 Å². The Morgan fingerprint density at radius 2 is 2.24 bits per heavy atom. The van der Waals surface area contributed by atoms with Crippen LogP contribution < -0.4 is 4.74 Å². The third-order valence-electron chi connectivity index (χ3n) is 3.77. The van der Waals surface area contributed by atoms with E-state index in [0.29, 0.717) is 26.0 Å². The number of carbonyl (C=O) groups is 1. The molecule has 1 saturated heterocycles. The van der Waals surface area contributed by atoms with Crippen molar-refractivity contribution in [1.82, 2.24) is 4.90 Å². The highest BCUT2D eigenvalue weighted by atomic mass is 19.1. The van der Waals surface area contributed by atoms with Crippen molar-refractivity contribution >= 4 is 5.91 Å². The lowest BCUT2D eigenvalue weighted by atomic mass is 10.1. The summed E-state index contributed by atoms with van der Waals surface area (Å²) in [6.07, 6.45) is 0.977. The van der Waals surface area contributed by atoms with Gasteiger partial charge in [-0.3, -0.25) is 4.79 Å². The number of carbonyl (C=O) groups excluding carboxylic acids is 1. The Bertz CT molecular complexity index is 506. The first-order valence-corrected chi connectivity index (χ1v) is 7.24. The van der Waals surface area contributed by atoms with Crippen molar-refractivity contribution in [1.29, 1.82) is 0 Å². The summed E-state index contributed by atoms with van der Waals surface area (Å²) in [5, 5.41) is 0. The van der Waals surface area contributed by atoms with Crippen molar-refractivity contribution in [2.75, 3.05) is 20.3 Å². The Hall–Kier alpha value is -1.62. The van der Waals surface area contributed by atoms with Crippen LogP contribution in [0.4, 0.5) is 4.39 Å². The Morgan fingerprint density at radius 3 is 2.90 bits per heavy atom. The molecule has 1 aliphatic heterocycles. The summed E-state index contributed by atoms with van der Waals surface area (Å²) in [6.45, 7) is 5.14. The number of amides is 1. The number of morpholine rings is 1. The summed E-state index contributed by atoms with van der Waals surface area (Å²) in [5.41, 5.74) is 0.801. The molecule has 0 unspecified atom stereocenters. The molecule has 1 amide bonds. The zero-order chi connectivity index (χ0) is 15.4. The smallest absolute Gasteiger partial charge is 0.223 e. The fraction of sp³-hybridized carbons (Fsp3) is 0.562. The van der Waals surface area contributed by atoms with Gasteiger partial charge < -0.3 is 14.4 Å². The van der Waals surface area contributed by atoms with Gasteiger partial charge in [0, 0.05) is 13.0 Å². The summed E-state index contributed by atoms with van der Waals surface area (Å²) in [7, 11) is 1.43. The monoisotopic (exact) mass is 295 g/mol. The van der Waals surface area contributed by atoms with Crippen molar-refractivity contribution < 1.29 is 18.7 Å². The van der Waals surface area contributed by atoms with E-state index in [1.807, 2.05) is 18.7 Å². The topological polar surface area (TPSA) is 38.8 Å². The fourth-order valence-corrected chi connectivity index (χ4v) is 2.51. The molecule has 1 aromatic carbocycles. The number of hydrogen-bond donors (Lipinski definition) is 0. The summed E-state index contributed by atoms with van der Waals surface area (Å²) < 4.78 is 24.0. The number of ether oxygens (including phenoxy) is 2. The molecule has 4 nitrogen and oxygen atoms in total. The van der Waals surface area contributed by atoms with Crippen molar-refractivity contribution in [3.05, 3.63) is 29.6 Å². The van der Waals surface area contributed by atoms with Gasteiger partial charge in [0.2, 0.25) is 5.91 Å². The van der Waals surface area contributed by atoms with E-state index in [1.165, 1.54) is 13.2 Å². The van der Waals surface area contributed by atoms with E-state index < -0.39 is 5.82 Å². The lowest BCUT2D eigenvalue weighted by Gasteiger charge is -2.37. The maximum Gasteiger partial charge on any atom is 0.223 e. The normalized spacial score (nSPS) is 22.2. The number of nitrogens with zero attached hydrogens (tertiary/aromatic N) is 1. The van der Waals surface area contributed by atoms with Gasteiger partial charge in [0.25, 0.3) is 0 Å². The molecule has 2 atom stereocenters. The van der Waals surface area contributed by atoms with Crippen LogP contribution >= 0.6 is 0 Å². The van der Waals surface area contributed by atoms with Crippen molar-refractivity contribution in [3.63, 3.8) is 0 Å². The first-order valence-electron chi connectivity index (χ1n) is 7.24. The van der Waals surface area contributed by atoms with Gasteiger partial charge in [0.1, 0.15) is 0 Å². The van der Waals surface area contributed by atoms with Gasteiger partial charge in [0.05, 0.1) is 25.9 Å². The Balaban J connectivity index is 1.93. The van der Waals surface area contributed by atoms with E-state index in [1.54, 1.807) is 12.1 Å². The molecular weight excluding hydrogens is 273 g/mol. The standard InChI is InChI=1S/C16H22FNO3/c1-11-10-21-12(2)9-18(11)16(19)7-5-13-4-6-15(20-3)14(17)8-13/h4,6,8,11-12H,5,7,9-10H2,1-3H3/t11-,12+/m1/s1. The Morgan fingerprint density at radius 1 is 1.48 bits per heavy atom. The van der Waals surface area contributed by atoms with E-state index in [4.69, 9.17) is 9.47 Å². The van der Waals surface area contributed by atoms with Gasteiger partial charge in [0.15, 0.2) is 11.6 Å². The molecule has 116 valence electrons. The van der Waals surface area contributed by atoms with Crippen molar-refractivity contribution in [3.8, 4) is 5.75 Å². The first kappa shape index (κ1) is 15.8. The lowest BCUT2D eigenvalue weighted by Crippen LogP contribution is -2.50. The molecule has 2 rings (SSSR count). The predicted molar refractivity (Wildman–Crippen MR) is 77.9 cm³/mol. The number of rotatable bonds is 4. The molecule has 0 bridgehead atoms. The number of hydrogen-bond acceptors (Lipinski definition) is 3. The molecule has 21 heavy (non-hydrogen) atoms. The van der Waals surface area contributed by atoms with Gasteiger partial charge in [-0.2, -0.15) is 0 Å². The Labute approximate surface area is 124 Å². The highest BCUT2D eigenvalue weighted by Gasteiger charge is 2.26. The SMILES string of the molecule is COc1ccc(CCC(=O)N2C[C@H](C)OC[C@H]2C)cc1F. The third kappa shape index (κ3) is 3.94. The second kappa shape index (κ2) is 6.89. The number of aryl methyl sites for hydroxylation is 1. The third-order valence-corrected chi connectivity index (χ3v) is 3.77. The van der Waals surface area contributed by atoms with Crippen LogP contribution in [0.3, 0.4) is 0 Å². The second-order valence-corrected chi connectivity index (χ2v) is 5.51. The fourth-order valence-electron chi connectivity index (χ4n) is 2.51. The molecule has 0 saturated carbocycles. The predicted octanol–water partition coefficient (Wildman–Crippen LogP) is 2.40. The highest BCUT2D eigenvalue weighted by Crippen LogP contribution is 2.19. The molecule has 0 N–H and O–H groups in total. The van der Waals surface area contributed by atoms with E-state index in [9.17, 15) is 9.18 Å². The maximum atomic E-state index is 13.6. The molecule has 0 aliphatic carbocycles. The summed E-state index contributed by atoms with van der Waals surface area (Å²) in [5.74, 6) is -0.0783. The van der Waals surface area contributed by atoms with Crippen LogP contribution in [-0.2, 0) is 16.0 Å². The molecule has 1 aromatic rings. The minimum Gasteiger partial charge on any atom is -0.494 e. The molecular formula is C16H22FNO3. The number of methoxy groups -OCH3 is 1. The lowest BCUT2D eigenvalue weighted by molar-refractivity contribution is -0.143. The zero-order valence-electron chi connectivity index (χ0n) is 12.8. The molecule has 1 fully saturated rings. The molecule has 0 radical (unpaired) electrons. The largest absolute Gasteiger partial charge is 0.494 e. The average Bonchev–Trinajstić information content (AvgIpc) is 2.47. The number of halogens is 1. The van der Waals surface area contributed by atoms with Crippen LogP contribution in [0.5, 0.6) is 5.75 Å². The highest BCUT2D eigenvalue weighted by molar-refractivity contribution is 5.77. The maximum absolute atomic E-state index is 13.6.